The van der Waals surface area contributed by atoms with Gasteiger partial charge in [-0.25, -0.2) is 0 Å². The zero-order chi connectivity index (χ0) is 56.7. The molecule has 9 rings (SSSR count). The van der Waals surface area contributed by atoms with Crippen molar-refractivity contribution >= 4 is 0 Å². The van der Waals surface area contributed by atoms with Gasteiger partial charge in [-0.05, 0) is 79.6 Å². The fraction of sp³-hybridized carbons (Fsp3) is 0.922. The molecule has 27 heteroatoms. The Bertz CT molecular complexity index is 2070. The van der Waals surface area contributed by atoms with Crippen LogP contribution in [0.25, 0.3) is 0 Å². The minimum atomic E-state index is -1.97. The van der Waals surface area contributed by atoms with Crippen LogP contribution in [0.2, 0.25) is 0 Å². The summed E-state index contributed by atoms with van der Waals surface area (Å²) in [4.78, 5) is 0. The molecule has 27 nitrogen and oxygen atoms in total. The topological polar surface area (TPSA) is 436 Å². The first-order valence-corrected chi connectivity index (χ1v) is 27.0. The van der Waals surface area contributed by atoms with Crippen LogP contribution in [0.15, 0.2) is 24.5 Å². The number of fused-ring (bicyclic) bond motifs is 3. The Labute approximate surface area is 449 Å². The molecular weight excluding hydrogens is 1040 g/mol. The lowest BCUT2D eigenvalue weighted by Crippen LogP contribution is -2.68. The summed E-state index contributed by atoms with van der Waals surface area (Å²) in [5, 5.41) is 181. The summed E-state index contributed by atoms with van der Waals surface area (Å²) < 4.78 is 60.5. The lowest BCUT2D eigenvalue weighted by molar-refractivity contribution is -0.400. The third-order valence-electron chi connectivity index (χ3n) is 19.4. The molecule has 4 saturated carbocycles. The summed E-state index contributed by atoms with van der Waals surface area (Å²) in [6.07, 6.45) is -36.9. The number of hydrogen-bond acceptors (Lipinski definition) is 27. The predicted octanol–water partition coefficient (Wildman–Crippen LogP) is -6.30. The molecule has 5 heterocycles. The van der Waals surface area contributed by atoms with Crippen molar-refractivity contribution in [2.75, 3.05) is 33.0 Å². The number of allylic oxidation sites excluding steroid dienone is 1. The van der Waals surface area contributed by atoms with Crippen LogP contribution < -0.4 is 0 Å². The van der Waals surface area contributed by atoms with Crippen molar-refractivity contribution in [1.82, 2.24) is 0 Å². The lowest BCUT2D eigenvalue weighted by Gasteiger charge is -2.65. The quantitative estimate of drug-likeness (QED) is 0.0388. The van der Waals surface area contributed by atoms with Gasteiger partial charge in [-0.3, -0.25) is 0 Å². The molecule has 9 aliphatic rings. The van der Waals surface area contributed by atoms with Gasteiger partial charge in [-0.15, -0.1) is 0 Å². The number of aliphatic hydroxyl groups excluding tert-OH is 17. The SMILES string of the molecule is C=C1C[C@@]23CCC4[C@@](C)(CCC[C@@]4(C)C(=C)O[C@@H]4OC(CO[C@H]5OC(CO)[C@@H](O)[C@H](O)C5O)[C@@H](O)[C@H](O)C4O)C2CC[C@]1(O[C@@H]1OC(CO)[C@@H](O)[C@@H](O[C@@H]2OC(CO)[C@@H](O)[C@H](O)C2O)C1O[C@@H]1OC(CO)[C@@H](O)[C@H](O)C1O)C3. The fourth-order valence-corrected chi connectivity index (χ4v) is 15.0. The van der Waals surface area contributed by atoms with Crippen LogP contribution in [0.3, 0.4) is 0 Å². The molecule has 0 aromatic rings. The summed E-state index contributed by atoms with van der Waals surface area (Å²) in [5.74, 6) is 0.295. The molecule has 0 aromatic heterocycles. The van der Waals surface area contributed by atoms with Crippen LogP contribution in [0.4, 0.5) is 0 Å². The second-order valence-corrected chi connectivity index (χ2v) is 23.8. The molecule has 5 aliphatic heterocycles. The average Bonchev–Trinajstić information content (AvgIpc) is 3.54. The second kappa shape index (κ2) is 23.4. The Balaban J connectivity index is 0.933. The third-order valence-corrected chi connectivity index (χ3v) is 19.4. The van der Waals surface area contributed by atoms with Crippen molar-refractivity contribution in [3.63, 3.8) is 0 Å². The van der Waals surface area contributed by atoms with Gasteiger partial charge in [0.1, 0.15) is 122 Å². The van der Waals surface area contributed by atoms with E-state index < -0.39 is 203 Å². The van der Waals surface area contributed by atoms with E-state index in [0.29, 0.717) is 50.5 Å². The number of rotatable bonds is 16. The molecule has 2 bridgehead atoms. The number of aliphatic hydroxyl groups is 17. The first-order chi connectivity index (χ1) is 36.8. The molecule has 0 radical (unpaired) electrons. The maximum Gasteiger partial charge on any atom is 0.228 e. The summed E-state index contributed by atoms with van der Waals surface area (Å²) in [6.45, 7) is 9.53. The van der Waals surface area contributed by atoms with Gasteiger partial charge in [-0.1, -0.05) is 33.4 Å². The summed E-state index contributed by atoms with van der Waals surface area (Å²) >= 11 is 0. The minimum absolute atomic E-state index is 0.0455. The molecule has 31 atom stereocenters. The van der Waals surface area contributed by atoms with Crippen LogP contribution in [0.5, 0.6) is 0 Å². The Morgan fingerprint density at radius 2 is 0.949 bits per heavy atom. The van der Waals surface area contributed by atoms with Gasteiger partial charge in [0.05, 0.1) is 44.4 Å². The van der Waals surface area contributed by atoms with Crippen molar-refractivity contribution in [2.45, 2.75) is 231 Å². The first kappa shape index (κ1) is 60.8. The van der Waals surface area contributed by atoms with E-state index in [0.717, 1.165) is 12.8 Å². The molecule has 5 saturated heterocycles. The molecule has 1 spiro atoms. The van der Waals surface area contributed by atoms with E-state index in [9.17, 15) is 86.8 Å². The molecule has 12 unspecified atom stereocenters. The van der Waals surface area contributed by atoms with Gasteiger partial charge >= 0.3 is 0 Å². The molecule has 78 heavy (non-hydrogen) atoms. The Hall–Kier alpha value is -1.76. The monoisotopic (exact) mass is 1130 g/mol. The van der Waals surface area contributed by atoms with Gasteiger partial charge in [-0.2, -0.15) is 0 Å². The molecular formula is C51H82O27. The zero-order valence-corrected chi connectivity index (χ0v) is 43.6. The van der Waals surface area contributed by atoms with Crippen molar-refractivity contribution in [1.29, 1.82) is 0 Å². The highest BCUT2D eigenvalue weighted by Gasteiger charge is 2.69. The average molecular weight is 1130 g/mol. The highest BCUT2D eigenvalue weighted by Crippen LogP contribution is 2.74. The minimum Gasteiger partial charge on any atom is -0.466 e. The highest BCUT2D eigenvalue weighted by atomic mass is 16.8. The van der Waals surface area contributed by atoms with E-state index in [4.69, 9.17) is 47.4 Å². The van der Waals surface area contributed by atoms with Crippen LogP contribution in [-0.4, -0.2) is 279 Å². The molecule has 4 aliphatic carbocycles. The number of ether oxygens (including phenoxy) is 10. The molecule has 0 amide bonds. The smallest absolute Gasteiger partial charge is 0.228 e. The van der Waals surface area contributed by atoms with Gasteiger partial charge in [0.2, 0.25) is 6.29 Å². The fourth-order valence-electron chi connectivity index (χ4n) is 15.0. The lowest BCUT2D eigenvalue weighted by atomic mass is 9.40. The van der Waals surface area contributed by atoms with Crippen LogP contribution in [0.1, 0.15) is 71.6 Å². The maximum atomic E-state index is 11.8. The Morgan fingerprint density at radius 1 is 0.500 bits per heavy atom. The van der Waals surface area contributed by atoms with Crippen molar-refractivity contribution in [3.8, 4) is 0 Å². The third kappa shape index (κ3) is 10.4. The van der Waals surface area contributed by atoms with Crippen LogP contribution >= 0.6 is 0 Å². The molecule has 448 valence electrons. The van der Waals surface area contributed by atoms with Crippen molar-refractivity contribution in [2.24, 2.45) is 28.1 Å². The molecule has 0 aromatic carbocycles. The Morgan fingerprint density at radius 3 is 1.50 bits per heavy atom. The second-order valence-electron chi connectivity index (χ2n) is 23.8. The van der Waals surface area contributed by atoms with E-state index in [1.54, 1.807) is 0 Å². The van der Waals surface area contributed by atoms with Crippen LogP contribution in [-0.2, 0) is 47.4 Å². The number of hydrogen-bond donors (Lipinski definition) is 17. The van der Waals surface area contributed by atoms with Crippen molar-refractivity contribution in [3.05, 3.63) is 24.5 Å². The molecule has 17 N–H and O–H groups in total. The zero-order valence-electron chi connectivity index (χ0n) is 43.6. The largest absolute Gasteiger partial charge is 0.466 e. The first-order valence-electron chi connectivity index (χ1n) is 27.0. The van der Waals surface area contributed by atoms with Crippen molar-refractivity contribution < 1.29 is 134 Å². The maximum absolute atomic E-state index is 11.8. The van der Waals surface area contributed by atoms with Gasteiger partial charge < -0.3 is 134 Å². The van der Waals surface area contributed by atoms with Gasteiger partial charge in [0, 0.05) is 5.41 Å². The molecule has 9 fully saturated rings. The van der Waals surface area contributed by atoms with E-state index in [1.807, 2.05) is 6.92 Å². The summed E-state index contributed by atoms with van der Waals surface area (Å²) in [6, 6.07) is 0. The summed E-state index contributed by atoms with van der Waals surface area (Å²) in [5.41, 5.74) is -1.92. The highest BCUT2D eigenvalue weighted by molar-refractivity contribution is 5.31. The predicted molar refractivity (Wildman–Crippen MR) is 256 cm³/mol. The standard InChI is InChI=1S/C51H82O27/c1-19-12-50-10-6-26-48(3,20(2)70-44-38(66)36(64)31(59)25(75-44)17-69-43-37(65)33(61)28(56)21(13-52)71-43)8-5-9-49(26,4)27(50)7-11-51(19,18-50)78-47-42(77-46-40(68)35(63)30(58)23(15-54)73-46)41(32(60)24(16-55)74-47)76-45-39(67)34(62)29(57)22(14-53)72-45/h21-47,52-68H,1-2,5-18H2,3-4H3/t21?,22?,23?,24?,25?,26?,27?,28-,29-,30-,31-,32-,33+,34+,35+,36+,37?,38?,39?,40?,41-,42?,43+,44-,45+,46+,47+,48+,49-,50-,51+/m1/s1. The van der Waals surface area contributed by atoms with Gasteiger partial charge in [0.25, 0.3) is 0 Å². The normalized spacial score (nSPS) is 54.5. The van der Waals surface area contributed by atoms with E-state index in [2.05, 4.69) is 20.1 Å². The Kier molecular flexibility index (Phi) is 18.2. The van der Waals surface area contributed by atoms with E-state index >= 15 is 0 Å². The van der Waals surface area contributed by atoms with Crippen LogP contribution in [0, 0.1) is 28.1 Å². The van der Waals surface area contributed by atoms with E-state index in [1.165, 1.54) is 0 Å². The summed E-state index contributed by atoms with van der Waals surface area (Å²) in [7, 11) is 0. The van der Waals surface area contributed by atoms with E-state index in [-0.39, 0.29) is 23.0 Å². The van der Waals surface area contributed by atoms with Gasteiger partial charge in [0.15, 0.2) is 25.2 Å².